The fraction of sp³-hybridized carbons (Fsp3) is 0.350. The van der Waals surface area contributed by atoms with Crippen LogP contribution in [0.2, 0.25) is 0 Å². The predicted octanol–water partition coefficient (Wildman–Crippen LogP) is 2.09. The van der Waals surface area contributed by atoms with Crippen LogP contribution in [-0.2, 0) is 18.9 Å². The molecule has 2 aromatic rings. The molecule has 2 aliphatic rings. The second kappa shape index (κ2) is 7.55. The van der Waals surface area contributed by atoms with E-state index in [0.717, 1.165) is 5.56 Å². The highest BCUT2D eigenvalue weighted by atomic mass is 16.7. The van der Waals surface area contributed by atoms with Gasteiger partial charge in [-0.1, -0.05) is 48.5 Å². The Balaban J connectivity index is 1.44. The molecule has 2 fully saturated rings. The fourth-order valence-corrected chi connectivity index (χ4v) is 3.19. The van der Waals surface area contributed by atoms with Gasteiger partial charge in [-0.05, 0) is 12.1 Å². The Kier molecular flexibility index (Phi) is 4.99. The van der Waals surface area contributed by atoms with E-state index in [4.69, 9.17) is 18.9 Å². The summed E-state index contributed by atoms with van der Waals surface area (Å²) in [5.74, 6) is -0.497. The number of aliphatic hydroxyl groups is 1. The molecule has 2 heterocycles. The summed E-state index contributed by atoms with van der Waals surface area (Å²) in [6.07, 6.45) is -3.39. The van der Waals surface area contributed by atoms with E-state index in [-0.39, 0.29) is 6.61 Å². The average molecular weight is 356 g/mol. The normalized spacial score (nSPS) is 31.0. The molecule has 4 rings (SSSR count). The van der Waals surface area contributed by atoms with Crippen LogP contribution in [0.1, 0.15) is 22.2 Å². The van der Waals surface area contributed by atoms with E-state index in [1.807, 2.05) is 36.4 Å². The van der Waals surface area contributed by atoms with Gasteiger partial charge in [0.1, 0.15) is 18.3 Å². The Morgan fingerprint density at radius 2 is 1.65 bits per heavy atom. The molecule has 26 heavy (non-hydrogen) atoms. The summed E-state index contributed by atoms with van der Waals surface area (Å²) in [6.45, 7) is 0.407. The maximum atomic E-state index is 12.2. The number of carbonyl (C=O) groups excluding carboxylic acids is 1. The van der Waals surface area contributed by atoms with E-state index in [1.54, 1.807) is 24.3 Å². The number of rotatable bonds is 3. The van der Waals surface area contributed by atoms with Crippen LogP contribution in [0.5, 0.6) is 0 Å². The van der Waals surface area contributed by atoms with Gasteiger partial charge in [0, 0.05) is 5.56 Å². The summed E-state index contributed by atoms with van der Waals surface area (Å²) in [4.78, 5) is 12.2. The van der Waals surface area contributed by atoms with Gasteiger partial charge >= 0.3 is 5.97 Å². The number of ether oxygens (including phenoxy) is 4. The zero-order valence-electron chi connectivity index (χ0n) is 14.1. The third-order valence-corrected chi connectivity index (χ3v) is 4.59. The van der Waals surface area contributed by atoms with Crippen molar-refractivity contribution in [3.05, 3.63) is 71.8 Å². The molecule has 136 valence electrons. The molecule has 2 aliphatic heterocycles. The van der Waals surface area contributed by atoms with Crippen LogP contribution in [0.25, 0.3) is 0 Å². The van der Waals surface area contributed by atoms with Crippen LogP contribution in [0.3, 0.4) is 0 Å². The molecule has 0 radical (unpaired) electrons. The minimum Gasteiger partial charge on any atom is -0.453 e. The molecule has 6 nitrogen and oxygen atoms in total. The van der Waals surface area contributed by atoms with Crippen LogP contribution in [-0.4, -0.2) is 48.7 Å². The van der Waals surface area contributed by atoms with Crippen molar-refractivity contribution in [2.45, 2.75) is 30.7 Å². The van der Waals surface area contributed by atoms with Gasteiger partial charge in [0.05, 0.1) is 18.8 Å². The lowest BCUT2D eigenvalue weighted by Gasteiger charge is -2.44. The molecular weight excluding hydrogens is 336 g/mol. The SMILES string of the molecule is O=C(OC1CO[C@@H]2COC(c3ccccc3)O[C@H]2[C@@H]1O)c1ccccc1. The Bertz CT molecular complexity index is 734. The summed E-state index contributed by atoms with van der Waals surface area (Å²) in [6, 6.07) is 18.2. The molecular formula is C20H20O6. The van der Waals surface area contributed by atoms with Gasteiger partial charge in [0.15, 0.2) is 12.4 Å². The maximum absolute atomic E-state index is 12.2. The lowest BCUT2D eigenvalue weighted by molar-refractivity contribution is -0.313. The highest BCUT2D eigenvalue weighted by molar-refractivity contribution is 5.89. The molecule has 5 atom stereocenters. The van der Waals surface area contributed by atoms with Crippen molar-refractivity contribution in [2.75, 3.05) is 13.2 Å². The van der Waals surface area contributed by atoms with E-state index >= 15 is 0 Å². The minimum absolute atomic E-state index is 0.101. The molecule has 2 unspecified atom stereocenters. The van der Waals surface area contributed by atoms with Gasteiger partial charge in [-0.3, -0.25) is 0 Å². The molecule has 0 spiro atoms. The summed E-state index contributed by atoms with van der Waals surface area (Å²) < 4.78 is 22.8. The Morgan fingerprint density at radius 3 is 2.38 bits per heavy atom. The van der Waals surface area contributed by atoms with E-state index in [2.05, 4.69) is 0 Å². The smallest absolute Gasteiger partial charge is 0.338 e. The quantitative estimate of drug-likeness (QED) is 0.849. The highest BCUT2D eigenvalue weighted by Gasteiger charge is 2.46. The van der Waals surface area contributed by atoms with Crippen molar-refractivity contribution in [3.8, 4) is 0 Å². The molecule has 0 saturated carbocycles. The topological polar surface area (TPSA) is 74.2 Å². The first-order valence-corrected chi connectivity index (χ1v) is 8.60. The lowest BCUT2D eigenvalue weighted by atomic mass is 9.98. The largest absolute Gasteiger partial charge is 0.453 e. The molecule has 0 bridgehead atoms. The zero-order chi connectivity index (χ0) is 17.9. The fourth-order valence-electron chi connectivity index (χ4n) is 3.19. The van der Waals surface area contributed by atoms with E-state index < -0.39 is 36.7 Å². The van der Waals surface area contributed by atoms with Gasteiger partial charge < -0.3 is 24.1 Å². The van der Waals surface area contributed by atoms with Gasteiger partial charge in [-0.25, -0.2) is 4.79 Å². The van der Waals surface area contributed by atoms with Gasteiger partial charge in [-0.2, -0.15) is 0 Å². The number of aliphatic hydroxyl groups excluding tert-OH is 1. The standard InChI is InChI=1S/C20H20O6/c21-17-15(25-19(22)13-7-3-1-4-8-13)11-23-16-12-24-20(26-18(16)17)14-9-5-2-6-10-14/h1-10,15-18,20-21H,11-12H2/t15?,16-,17-,18-,20?/m1/s1. The van der Waals surface area contributed by atoms with Crippen LogP contribution >= 0.6 is 0 Å². The number of hydrogen-bond donors (Lipinski definition) is 1. The maximum Gasteiger partial charge on any atom is 0.338 e. The van der Waals surface area contributed by atoms with Gasteiger partial charge in [0.25, 0.3) is 0 Å². The Labute approximate surface area is 151 Å². The second-order valence-corrected chi connectivity index (χ2v) is 6.35. The van der Waals surface area contributed by atoms with Gasteiger partial charge in [-0.15, -0.1) is 0 Å². The van der Waals surface area contributed by atoms with Crippen LogP contribution in [0.4, 0.5) is 0 Å². The predicted molar refractivity (Wildman–Crippen MR) is 91.4 cm³/mol. The first kappa shape index (κ1) is 17.2. The molecule has 6 heteroatoms. The first-order valence-electron chi connectivity index (χ1n) is 8.60. The third-order valence-electron chi connectivity index (χ3n) is 4.59. The Hall–Kier alpha value is -2.25. The summed E-state index contributed by atoms with van der Waals surface area (Å²) >= 11 is 0. The number of esters is 1. The van der Waals surface area contributed by atoms with E-state index in [9.17, 15) is 9.90 Å². The van der Waals surface area contributed by atoms with Crippen molar-refractivity contribution in [3.63, 3.8) is 0 Å². The van der Waals surface area contributed by atoms with Crippen molar-refractivity contribution in [1.82, 2.24) is 0 Å². The Morgan fingerprint density at radius 1 is 0.962 bits per heavy atom. The number of carbonyl (C=O) groups is 1. The van der Waals surface area contributed by atoms with Crippen LogP contribution in [0, 0.1) is 0 Å². The van der Waals surface area contributed by atoms with Crippen molar-refractivity contribution in [2.24, 2.45) is 0 Å². The van der Waals surface area contributed by atoms with E-state index in [0.29, 0.717) is 12.2 Å². The van der Waals surface area contributed by atoms with Crippen LogP contribution < -0.4 is 0 Å². The van der Waals surface area contributed by atoms with Crippen molar-refractivity contribution < 1.29 is 28.8 Å². The summed E-state index contributed by atoms with van der Waals surface area (Å²) in [7, 11) is 0. The lowest BCUT2D eigenvalue weighted by Crippen LogP contribution is -2.59. The van der Waals surface area contributed by atoms with Crippen LogP contribution in [0.15, 0.2) is 60.7 Å². The second-order valence-electron chi connectivity index (χ2n) is 6.35. The van der Waals surface area contributed by atoms with Crippen molar-refractivity contribution >= 4 is 5.97 Å². The average Bonchev–Trinajstić information content (AvgIpc) is 2.71. The number of benzene rings is 2. The third kappa shape index (κ3) is 3.50. The number of hydrogen-bond acceptors (Lipinski definition) is 6. The molecule has 2 saturated heterocycles. The molecule has 1 N–H and O–H groups in total. The number of fused-ring (bicyclic) bond motifs is 1. The van der Waals surface area contributed by atoms with E-state index in [1.165, 1.54) is 0 Å². The van der Waals surface area contributed by atoms with Crippen molar-refractivity contribution in [1.29, 1.82) is 0 Å². The highest BCUT2D eigenvalue weighted by Crippen LogP contribution is 2.33. The summed E-state index contributed by atoms with van der Waals surface area (Å²) in [5.41, 5.74) is 1.29. The minimum atomic E-state index is -0.989. The van der Waals surface area contributed by atoms with Gasteiger partial charge in [0.2, 0.25) is 0 Å². The summed E-state index contributed by atoms with van der Waals surface area (Å²) in [5, 5.41) is 10.7. The molecule has 2 aromatic carbocycles. The molecule has 0 amide bonds. The zero-order valence-corrected chi connectivity index (χ0v) is 14.1. The first-order chi connectivity index (χ1) is 12.7. The molecule has 0 aromatic heterocycles. The molecule has 0 aliphatic carbocycles. The monoisotopic (exact) mass is 356 g/mol.